The Balaban J connectivity index is 1.65. The van der Waals surface area contributed by atoms with E-state index in [0.29, 0.717) is 44.2 Å². The van der Waals surface area contributed by atoms with Gasteiger partial charge in [-0.3, -0.25) is 23.6 Å². The zero-order chi connectivity index (χ0) is 17.3. The summed E-state index contributed by atoms with van der Waals surface area (Å²) >= 11 is 0. The van der Waals surface area contributed by atoms with Gasteiger partial charge in [0, 0.05) is 58.6 Å². The van der Waals surface area contributed by atoms with E-state index in [9.17, 15) is 14.4 Å². The SMILES string of the molecule is Cn1c(CN2CCN(C(=O)c3ccco3)CC2)cc(=O)n(C)c1=O. The van der Waals surface area contributed by atoms with Crippen molar-refractivity contribution >= 4 is 5.91 Å². The number of carbonyl (C=O) groups excluding carboxylic acids is 1. The molecule has 2 aromatic heterocycles. The molecule has 0 bridgehead atoms. The Morgan fingerprint density at radius 1 is 1.12 bits per heavy atom. The Kier molecular flexibility index (Phi) is 4.39. The van der Waals surface area contributed by atoms with Crippen molar-refractivity contribution in [3.05, 3.63) is 56.8 Å². The van der Waals surface area contributed by atoms with Gasteiger partial charge in [0.15, 0.2) is 5.76 Å². The first-order valence-corrected chi connectivity index (χ1v) is 7.78. The third-order valence-corrected chi connectivity index (χ3v) is 4.40. The van der Waals surface area contributed by atoms with Gasteiger partial charge in [0.25, 0.3) is 11.5 Å². The first kappa shape index (κ1) is 16.3. The van der Waals surface area contributed by atoms with E-state index in [0.717, 1.165) is 4.57 Å². The lowest BCUT2D eigenvalue weighted by atomic mass is 10.2. The average Bonchev–Trinajstić information content (AvgIpc) is 3.12. The Morgan fingerprint density at radius 3 is 2.46 bits per heavy atom. The third kappa shape index (κ3) is 3.05. The van der Waals surface area contributed by atoms with Gasteiger partial charge in [-0.15, -0.1) is 0 Å². The second-order valence-corrected chi connectivity index (χ2v) is 5.92. The first-order chi connectivity index (χ1) is 11.5. The van der Waals surface area contributed by atoms with Crippen LogP contribution in [0, 0.1) is 0 Å². The lowest BCUT2D eigenvalue weighted by molar-refractivity contribution is 0.0595. The molecule has 1 saturated heterocycles. The molecule has 0 unspecified atom stereocenters. The maximum atomic E-state index is 12.2. The summed E-state index contributed by atoms with van der Waals surface area (Å²) in [6.45, 7) is 3.02. The number of hydrogen-bond acceptors (Lipinski definition) is 5. The number of amides is 1. The molecule has 0 atom stereocenters. The molecule has 3 heterocycles. The van der Waals surface area contributed by atoms with Gasteiger partial charge < -0.3 is 9.32 Å². The van der Waals surface area contributed by atoms with E-state index in [4.69, 9.17) is 4.42 Å². The largest absolute Gasteiger partial charge is 0.459 e. The normalized spacial score (nSPS) is 15.7. The summed E-state index contributed by atoms with van der Waals surface area (Å²) in [4.78, 5) is 39.9. The van der Waals surface area contributed by atoms with Crippen LogP contribution in [0.1, 0.15) is 16.2 Å². The van der Waals surface area contributed by atoms with Crippen LogP contribution in [0.15, 0.2) is 38.5 Å². The van der Waals surface area contributed by atoms with Crippen LogP contribution < -0.4 is 11.2 Å². The molecule has 8 nitrogen and oxygen atoms in total. The predicted octanol–water partition coefficient (Wildman–Crippen LogP) is -0.365. The summed E-state index contributed by atoms with van der Waals surface area (Å²) in [7, 11) is 3.13. The fourth-order valence-electron chi connectivity index (χ4n) is 2.82. The summed E-state index contributed by atoms with van der Waals surface area (Å²) in [5.74, 6) is 0.234. The molecular weight excluding hydrogens is 312 g/mol. The molecule has 0 aliphatic carbocycles. The molecule has 128 valence electrons. The first-order valence-electron chi connectivity index (χ1n) is 7.78. The van der Waals surface area contributed by atoms with E-state index >= 15 is 0 Å². The molecule has 1 aliphatic rings. The van der Waals surface area contributed by atoms with Crippen LogP contribution in [-0.2, 0) is 20.6 Å². The minimum absolute atomic E-state index is 0.111. The number of piperazine rings is 1. The van der Waals surface area contributed by atoms with Crippen molar-refractivity contribution in [1.29, 1.82) is 0 Å². The molecule has 1 amide bonds. The molecular formula is C16H20N4O4. The number of carbonyl (C=O) groups is 1. The zero-order valence-electron chi connectivity index (χ0n) is 13.8. The molecule has 0 N–H and O–H groups in total. The van der Waals surface area contributed by atoms with Crippen molar-refractivity contribution in [2.24, 2.45) is 14.1 Å². The number of nitrogens with zero attached hydrogens (tertiary/aromatic N) is 4. The van der Waals surface area contributed by atoms with Crippen LogP contribution in [0.4, 0.5) is 0 Å². The maximum absolute atomic E-state index is 12.2. The van der Waals surface area contributed by atoms with Crippen molar-refractivity contribution in [3.63, 3.8) is 0 Å². The third-order valence-electron chi connectivity index (χ3n) is 4.40. The summed E-state index contributed by atoms with van der Waals surface area (Å²) in [6, 6.07) is 4.84. The van der Waals surface area contributed by atoms with Crippen LogP contribution in [0.5, 0.6) is 0 Å². The van der Waals surface area contributed by atoms with E-state index in [1.807, 2.05) is 0 Å². The molecule has 2 aromatic rings. The van der Waals surface area contributed by atoms with Gasteiger partial charge in [-0.05, 0) is 12.1 Å². The summed E-state index contributed by atoms with van der Waals surface area (Å²) in [6.07, 6.45) is 1.49. The summed E-state index contributed by atoms with van der Waals surface area (Å²) in [5.41, 5.74) is 0.0396. The van der Waals surface area contributed by atoms with E-state index in [-0.39, 0.29) is 17.2 Å². The summed E-state index contributed by atoms with van der Waals surface area (Å²) < 4.78 is 7.72. The quantitative estimate of drug-likeness (QED) is 0.766. The van der Waals surface area contributed by atoms with E-state index < -0.39 is 0 Å². The van der Waals surface area contributed by atoms with Gasteiger partial charge in [-0.1, -0.05) is 0 Å². The lowest BCUT2D eigenvalue weighted by Crippen LogP contribution is -2.49. The number of hydrogen-bond donors (Lipinski definition) is 0. The van der Waals surface area contributed by atoms with Crippen molar-refractivity contribution in [2.75, 3.05) is 26.2 Å². The molecule has 0 saturated carbocycles. The molecule has 8 heteroatoms. The fraction of sp³-hybridized carbons (Fsp3) is 0.438. The van der Waals surface area contributed by atoms with E-state index in [1.165, 1.54) is 23.9 Å². The number of aromatic nitrogens is 2. The molecule has 3 rings (SSSR count). The monoisotopic (exact) mass is 332 g/mol. The highest BCUT2D eigenvalue weighted by atomic mass is 16.3. The molecule has 24 heavy (non-hydrogen) atoms. The van der Waals surface area contributed by atoms with Gasteiger partial charge in [-0.25, -0.2) is 4.79 Å². The maximum Gasteiger partial charge on any atom is 0.330 e. The van der Waals surface area contributed by atoms with Crippen LogP contribution in [-0.4, -0.2) is 51.0 Å². The Labute approximate surface area is 138 Å². The smallest absolute Gasteiger partial charge is 0.330 e. The molecule has 0 aromatic carbocycles. The Hall–Kier alpha value is -2.61. The lowest BCUT2D eigenvalue weighted by Gasteiger charge is -2.34. The van der Waals surface area contributed by atoms with Crippen LogP contribution in [0.3, 0.4) is 0 Å². The highest BCUT2D eigenvalue weighted by Crippen LogP contribution is 2.11. The van der Waals surface area contributed by atoms with Gasteiger partial charge in [0.05, 0.1) is 6.26 Å². The number of rotatable bonds is 3. The second-order valence-electron chi connectivity index (χ2n) is 5.92. The zero-order valence-corrected chi connectivity index (χ0v) is 13.8. The fourth-order valence-corrected chi connectivity index (χ4v) is 2.82. The number of furan rings is 1. The van der Waals surface area contributed by atoms with Crippen molar-refractivity contribution in [2.45, 2.75) is 6.54 Å². The van der Waals surface area contributed by atoms with E-state index in [2.05, 4.69) is 4.90 Å². The van der Waals surface area contributed by atoms with Crippen molar-refractivity contribution in [1.82, 2.24) is 18.9 Å². The Bertz CT molecular complexity index is 842. The molecule has 0 spiro atoms. The van der Waals surface area contributed by atoms with Crippen LogP contribution in [0.2, 0.25) is 0 Å². The average molecular weight is 332 g/mol. The molecule has 0 radical (unpaired) electrons. The van der Waals surface area contributed by atoms with Gasteiger partial charge in [-0.2, -0.15) is 0 Å². The van der Waals surface area contributed by atoms with Crippen LogP contribution >= 0.6 is 0 Å². The van der Waals surface area contributed by atoms with E-state index in [1.54, 1.807) is 24.1 Å². The van der Waals surface area contributed by atoms with Gasteiger partial charge in [0.1, 0.15) is 0 Å². The molecule has 1 aliphatic heterocycles. The summed E-state index contributed by atoms with van der Waals surface area (Å²) in [5, 5.41) is 0. The second kappa shape index (κ2) is 6.48. The minimum Gasteiger partial charge on any atom is -0.459 e. The topological polar surface area (TPSA) is 80.7 Å². The van der Waals surface area contributed by atoms with Crippen LogP contribution in [0.25, 0.3) is 0 Å². The highest BCUT2D eigenvalue weighted by molar-refractivity contribution is 5.91. The molecule has 1 fully saturated rings. The van der Waals surface area contributed by atoms with Gasteiger partial charge >= 0.3 is 5.69 Å². The minimum atomic E-state index is -0.330. The standard InChI is InChI=1S/C16H20N4O4/c1-17-12(10-14(21)18(2)16(17)23)11-19-5-7-20(8-6-19)15(22)13-4-3-9-24-13/h3-4,9-10H,5-8,11H2,1-2H3. The van der Waals surface area contributed by atoms with Crippen molar-refractivity contribution < 1.29 is 9.21 Å². The van der Waals surface area contributed by atoms with Gasteiger partial charge in [0.2, 0.25) is 0 Å². The predicted molar refractivity (Wildman–Crippen MR) is 86.8 cm³/mol. The van der Waals surface area contributed by atoms with Crippen molar-refractivity contribution in [3.8, 4) is 0 Å². The highest BCUT2D eigenvalue weighted by Gasteiger charge is 2.24. The Morgan fingerprint density at radius 2 is 1.83 bits per heavy atom.